The number of carbonyl (C=O) groups is 3. The molecule has 10 heteroatoms. The number of hydrogen-bond donors (Lipinski definition) is 3. The van der Waals surface area contributed by atoms with E-state index >= 15 is 0 Å². The molecule has 3 amide bonds. The maximum Gasteiger partial charge on any atom is 0.490 e. The average Bonchev–Trinajstić information content (AvgIpc) is 2.45. The molecule has 0 saturated carbocycles. The molecule has 1 saturated heterocycles. The first kappa shape index (κ1) is 16.2. The third kappa shape index (κ3) is 4.20. The standard InChI is InChI=1S/C6H11N3O2.C2HF3O2/c1-3(7)4-5(10)9(2)6(11)8-4;3-2(4,5)1(6)7/h3-4H,7H2,1-2H3,(H,8,11);(H,6,7)/t3?,4-;/m1./s1. The summed E-state index contributed by atoms with van der Waals surface area (Å²) in [7, 11) is 1.43. The van der Waals surface area contributed by atoms with Crippen LogP contribution in [0.2, 0.25) is 0 Å². The number of carboxylic acids is 1. The Morgan fingerprint density at radius 2 is 1.89 bits per heavy atom. The highest BCUT2D eigenvalue weighted by Crippen LogP contribution is 2.13. The normalized spacial score (nSPS) is 21.0. The first-order valence-corrected chi connectivity index (χ1v) is 4.62. The quantitative estimate of drug-likeness (QED) is 0.557. The number of urea groups is 1. The van der Waals surface area contributed by atoms with Crippen molar-refractivity contribution in [2.45, 2.75) is 25.2 Å². The maximum atomic E-state index is 11.1. The van der Waals surface area contributed by atoms with E-state index in [1.54, 1.807) is 6.92 Å². The van der Waals surface area contributed by atoms with Gasteiger partial charge in [-0.15, -0.1) is 0 Å². The highest BCUT2D eigenvalue weighted by atomic mass is 19.4. The number of likely N-dealkylation sites (N-methyl/N-ethyl adjacent to an activating group) is 1. The second-order valence-electron chi connectivity index (χ2n) is 3.49. The van der Waals surface area contributed by atoms with Gasteiger partial charge >= 0.3 is 18.2 Å². The topological polar surface area (TPSA) is 113 Å². The molecule has 2 atom stereocenters. The van der Waals surface area contributed by atoms with Crippen LogP contribution >= 0.6 is 0 Å². The summed E-state index contributed by atoms with van der Waals surface area (Å²) in [5.74, 6) is -3.02. The highest BCUT2D eigenvalue weighted by Gasteiger charge is 2.38. The number of nitrogens with one attached hydrogen (secondary N) is 1. The molecule has 1 fully saturated rings. The molecule has 0 aliphatic carbocycles. The van der Waals surface area contributed by atoms with Crippen molar-refractivity contribution < 1.29 is 32.7 Å². The Kier molecular flexibility index (Phi) is 5.09. The number of amides is 3. The van der Waals surface area contributed by atoms with Crippen molar-refractivity contribution in [2.24, 2.45) is 5.73 Å². The SMILES string of the molecule is CC(N)[C@H]1NC(=O)N(C)C1=O.O=C(O)C(F)(F)F. The van der Waals surface area contributed by atoms with E-state index in [2.05, 4.69) is 5.32 Å². The second-order valence-corrected chi connectivity index (χ2v) is 3.49. The smallest absolute Gasteiger partial charge is 0.475 e. The lowest BCUT2D eigenvalue weighted by molar-refractivity contribution is -0.192. The number of rotatable bonds is 1. The van der Waals surface area contributed by atoms with E-state index in [9.17, 15) is 22.8 Å². The third-order valence-electron chi connectivity index (χ3n) is 1.95. The van der Waals surface area contributed by atoms with E-state index in [4.69, 9.17) is 15.6 Å². The molecule has 1 aliphatic heterocycles. The van der Waals surface area contributed by atoms with E-state index < -0.39 is 18.2 Å². The minimum atomic E-state index is -5.08. The zero-order valence-corrected chi connectivity index (χ0v) is 9.49. The number of aliphatic carboxylic acids is 1. The first-order chi connectivity index (χ1) is 7.98. The van der Waals surface area contributed by atoms with Gasteiger partial charge in [0.2, 0.25) is 0 Å². The summed E-state index contributed by atoms with van der Waals surface area (Å²) in [6.07, 6.45) is -5.08. The molecule has 7 nitrogen and oxygen atoms in total. The molecular weight excluding hydrogens is 259 g/mol. The molecule has 0 bridgehead atoms. The molecule has 0 aromatic carbocycles. The van der Waals surface area contributed by atoms with Crippen molar-refractivity contribution in [1.29, 1.82) is 0 Å². The number of carbonyl (C=O) groups excluding carboxylic acids is 2. The maximum absolute atomic E-state index is 11.1. The van der Waals surface area contributed by atoms with Gasteiger partial charge in [0, 0.05) is 13.1 Å². The summed E-state index contributed by atoms with van der Waals surface area (Å²) < 4.78 is 31.7. The Labute approximate surface area is 99.7 Å². The number of hydrogen-bond acceptors (Lipinski definition) is 4. The summed E-state index contributed by atoms with van der Waals surface area (Å²) in [5.41, 5.74) is 5.45. The van der Waals surface area contributed by atoms with Gasteiger partial charge in [-0.1, -0.05) is 0 Å². The lowest BCUT2D eigenvalue weighted by Gasteiger charge is -2.10. The average molecular weight is 271 g/mol. The minimum Gasteiger partial charge on any atom is -0.475 e. The van der Waals surface area contributed by atoms with Crippen molar-refractivity contribution in [3.8, 4) is 0 Å². The van der Waals surface area contributed by atoms with Crippen LogP contribution in [0, 0.1) is 0 Å². The van der Waals surface area contributed by atoms with E-state index in [1.807, 2.05) is 0 Å². The molecule has 1 unspecified atom stereocenters. The van der Waals surface area contributed by atoms with Crippen molar-refractivity contribution >= 4 is 17.9 Å². The number of imide groups is 1. The lowest BCUT2D eigenvalue weighted by Crippen LogP contribution is -2.44. The molecule has 0 aromatic heterocycles. The van der Waals surface area contributed by atoms with Crippen LogP contribution in [0.5, 0.6) is 0 Å². The monoisotopic (exact) mass is 271 g/mol. The van der Waals surface area contributed by atoms with Crippen molar-refractivity contribution in [3.63, 3.8) is 0 Å². The molecule has 0 radical (unpaired) electrons. The number of alkyl halides is 3. The Morgan fingerprint density at radius 1 is 1.50 bits per heavy atom. The van der Waals surface area contributed by atoms with Gasteiger partial charge in [0.15, 0.2) is 0 Å². The second kappa shape index (κ2) is 5.67. The van der Waals surface area contributed by atoms with Crippen LogP contribution in [0.1, 0.15) is 6.92 Å². The Hall–Kier alpha value is -1.84. The summed E-state index contributed by atoms with van der Waals surface area (Å²) in [6, 6.07) is -1.26. The molecule has 1 aliphatic rings. The van der Waals surface area contributed by atoms with Gasteiger partial charge in [-0.05, 0) is 6.92 Å². The third-order valence-corrected chi connectivity index (χ3v) is 1.95. The zero-order valence-electron chi connectivity index (χ0n) is 9.49. The van der Waals surface area contributed by atoms with Crippen LogP contribution in [-0.2, 0) is 9.59 Å². The van der Waals surface area contributed by atoms with E-state index in [1.165, 1.54) is 7.05 Å². The number of halogens is 3. The highest BCUT2D eigenvalue weighted by molar-refractivity contribution is 6.04. The number of nitrogens with two attached hydrogens (primary N) is 1. The van der Waals surface area contributed by atoms with Gasteiger partial charge in [-0.2, -0.15) is 13.2 Å². The fourth-order valence-electron chi connectivity index (χ4n) is 0.957. The molecular formula is C8H12F3N3O4. The number of nitrogens with zero attached hydrogens (tertiary/aromatic N) is 1. The van der Waals surface area contributed by atoms with Gasteiger partial charge in [0.1, 0.15) is 6.04 Å². The Bertz CT molecular complexity index is 356. The van der Waals surface area contributed by atoms with Gasteiger partial charge in [0.05, 0.1) is 0 Å². The van der Waals surface area contributed by atoms with Crippen LogP contribution in [0.4, 0.5) is 18.0 Å². The molecule has 1 rings (SSSR count). The molecule has 18 heavy (non-hydrogen) atoms. The fourth-order valence-corrected chi connectivity index (χ4v) is 0.957. The summed E-state index contributed by atoms with van der Waals surface area (Å²) in [6.45, 7) is 1.68. The van der Waals surface area contributed by atoms with Crippen molar-refractivity contribution in [2.75, 3.05) is 7.05 Å². The Balaban J connectivity index is 0.000000360. The summed E-state index contributed by atoms with van der Waals surface area (Å²) in [5, 5.41) is 9.59. The van der Waals surface area contributed by atoms with Gasteiger partial charge < -0.3 is 16.2 Å². The summed E-state index contributed by atoms with van der Waals surface area (Å²) in [4.78, 5) is 31.9. The van der Waals surface area contributed by atoms with E-state index in [0.717, 1.165) is 4.90 Å². The van der Waals surface area contributed by atoms with Crippen LogP contribution in [0.3, 0.4) is 0 Å². The minimum absolute atomic E-state index is 0.259. The molecule has 0 spiro atoms. The largest absolute Gasteiger partial charge is 0.490 e. The first-order valence-electron chi connectivity index (χ1n) is 4.62. The molecule has 4 N–H and O–H groups in total. The van der Waals surface area contributed by atoms with Gasteiger partial charge in [0.25, 0.3) is 5.91 Å². The number of carboxylic acid groups (broad SMARTS) is 1. The van der Waals surface area contributed by atoms with Gasteiger partial charge in [-0.25, -0.2) is 9.59 Å². The molecule has 104 valence electrons. The van der Waals surface area contributed by atoms with Gasteiger partial charge in [-0.3, -0.25) is 9.69 Å². The van der Waals surface area contributed by atoms with Crippen molar-refractivity contribution in [1.82, 2.24) is 10.2 Å². The van der Waals surface area contributed by atoms with Crippen molar-refractivity contribution in [3.05, 3.63) is 0 Å². The zero-order chi connectivity index (χ0) is 14.7. The van der Waals surface area contributed by atoms with E-state index in [-0.39, 0.29) is 18.0 Å². The van der Waals surface area contributed by atoms with Crippen LogP contribution in [0.25, 0.3) is 0 Å². The molecule has 1 heterocycles. The van der Waals surface area contributed by atoms with Crippen LogP contribution < -0.4 is 11.1 Å². The van der Waals surface area contributed by atoms with E-state index in [0.29, 0.717) is 0 Å². The lowest BCUT2D eigenvalue weighted by atomic mass is 10.1. The van der Waals surface area contributed by atoms with Crippen LogP contribution in [-0.4, -0.2) is 53.2 Å². The fraction of sp³-hybridized carbons (Fsp3) is 0.625. The predicted octanol–water partition coefficient (Wildman–Crippen LogP) is -0.483. The Morgan fingerprint density at radius 3 is 2.00 bits per heavy atom. The molecule has 0 aromatic rings. The van der Waals surface area contributed by atoms with Crippen LogP contribution in [0.15, 0.2) is 0 Å². The summed E-state index contributed by atoms with van der Waals surface area (Å²) >= 11 is 0. The predicted molar refractivity (Wildman–Crippen MR) is 52.4 cm³/mol.